The van der Waals surface area contributed by atoms with Crippen molar-refractivity contribution in [3.8, 4) is 17.5 Å². The average Bonchev–Trinajstić information content (AvgIpc) is 3.28. The molecule has 0 bridgehead atoms. The van der Waals surface area contributed by atoms with E-state index in [1.807, 2.05) is 44.7 Å². The molecule has 0 saturated carbocycles. The van der Waals surface area contributed by atoms with Gasteiger partial charge in [-0.25, -0.2) is 13.1 Å². The van der Waals surface area contributed by atoms with Crippen LogP contribution in [0.5, 0.6) is 5.75 Å². The van der Waals surface area contributed by atoms with Gasteiger partial charge in [-0.3, -0.25) is 4.79 Å². The third-order valence-electron chi connectivity index (χ3n) is 6.11. The van der Waals surface area contributed by atoms with Gasteiger partial charge in [-0.2, -0.15) is 10.4 Å². The fourth-order valence-corrected chi connectivity index (χ4v) is 4.69. The van der Waals surface area contributed by atoms with E-state index in [1.54, 1.807) is 37.4 Å². The minimum absolute atomic E-state index is 0. The summed E-state index contributed by atoms with van der Waals surface area (Å²) in [5, 5.41) is 26.5. The first-order valence-electron chi connectivity index (χ1n) is 13.0. The Bertz CT molecular complexity index is 1590. The van der Waals surface area contributed by atoms with Crippen LogP contribution in [-0.4, -0.2) is 54.6 Å². The molecule has 3 aromatic rings. The predicted octanol–water partition coefficient (Wildman–Crippen LogP) is 2.19. The Morgan fingerprint density at radius 1 is 1.21 bits per heavy atom. The van der Waals surface area contributed by atoms with Gasteiger partial charge >= 0.3 is 29.6 Å². The maximum atomic E-state index is 12.0. The Hall–Kier alpha value is -3.28. The molecule has 42 heavy (non-hydrogen) atoms. The first-order chi connectivity index (χ1) is 19.3. The van der Waals surface area contributed by atoms with Crippen molar-refractivity contribution in [2.75, 3.05) is 36.2 Å². The van der Waals surface area contributed by atoms with Crippen LogP contribution in [0.25, 0.3) is 5.69 Å². The summed E-state index contributed by atoms with van der Waals surface area (Å²) in [5.41, 5.74) is 2.30. The van der Waals surface area contributed by atoms with Crippen LogP contribution in [0.1, 0.15) is 52.3 Å². The molecule has 1 heterocycles. The number of rotatable bonds is 11. The fraction of sp³-hybridized carbons (Fsp3) is 0.393. The molecule has 0 fully saturated rings. The van der Waals surface area contributed by atoms with Crippen molar-refractivity contribution >= 4 is 38.9 Å². The molecule has 14 heteroatoms. The molecule has 218 valence electrons. The van der Waals surface area contributed by atoms with Crippen molar-refractivity contribution in [1.82, 2.24) is 9.78 Å². The standard InChI is InChI=1S/C28H35N7O5S.Na/c1-7-34(15-10-16-41(37,38)39)20-13-14-22(23(17-20)30-19(2)36)31-32-27-21(18-29)26(28(3,4)5)33-35(27)24-11-8-9-12-25(24)40-6;/h8-9,11-14,17H,7,10,15-16H2,1-6H3,(H,30,36)(H,37,38,39);/q;+1/p-1. The molecule has 1 aromatic heterocycles. The van der Waals surface area contributed by atoms with Gasteiger partial charge in [-0.1, -0.05) is 32.9 Å². The fourth-order valence-electron chi connectivity index (χ4n) is 4.20. The molecule has 12 nitrogen and oxygen atoms in total. The summed E-state index contributed by atoms with van der Waals surface area (Å²) in [6.45, 7) is 9.98. The zero-order valence-electron chi connectivity index (χ0n) is 25.0. The van der Waals surface area contributed by atoms with Gasteiger partial charge in [0.2, 0.25) is 5.91 Å². The Balaban J connectivity index is 0.00000616. The quantitative estimate of drug-likeness (QED) is 0.198. The van der Waals surface area contributed by atoms with E-state index in [2.05, 4.69) is 21.6 Å². The molecule has 1 N–H and O–H groups in total. The van der Waals surface area contributed by atoms with Crippen molar-refractivity contribution in [3.05, 3.63) is 53.7 Å². The Morgan fingerprint density at radius 2 is 1.90 bits per heavy atom. The summed E-state index contributed by atoms with van der Waals surface area (Å²) < 4.78 is 40.1. The summed E-state index contributed by atoms with van der Waals surface area (Å²) in [6.07, 6.45) is 0.163. The second-order valence-corrected chi connectivity index (χ2v) is 11.8. The molecular weight excluding hydrogens is 569 g/mol. The summed E-state index contributed by atoms with van der Waals surface area (Å²) >= 11 is 0. The topological polar surface area (TPSA) is 165 Å². The zero-order chi connectivity index (χ0) is 30.4. The number of benzene rings is 2. The number of ether oxygens (including phenoxy) is 1. The number of nitrogens with zero attached hydrogens (tertiary/aromatic N) is 6. The van der Waals surface area contributed by atoms with Gasteiger partial charge in [0.15, 0.2) is 5.82 Å². The van der Waals surface area contributed by atoms with Crippen molar-refractivity contribution in [3.63, 3.8) is 0 Å². The number of nitrogens with one attached hydrogen (secondary N) is 1. The number of hydrogen-bond acceptors (Lipinski definition) is 10. The monoisotopic (exact) mass is 603 g/mol. The van der Waals surface area contributed by atoms with E-state index in [-0.39, 0.29) is 53.3 Å². The number of carbonyl (C=O) groups excluding carboxylic acids is 1. The van der Waals surface area contributed by atoms with E-state index in [0.29, 0.717) is 47.3 Å². The number of amides is 1. The number of carbonyl (C=O) groups is 1. The molecule has 1 amide bonds. The van der Waals surface area contributed by atoms with Gasteiger partial charge in [-0.15, -0.1) is 10.2 Å². The molecule has 3 rings (SSSR count). The van der Waals surface area contributed by atoms with Gasteiger partial charge in [0.05, 0.1) is 28.6 Å². The van der Waals surface area contributed by atoms with E-state index < -0.39 is 21.3 Å². The molecule has 0 unspecified atom stereocenters. The SMILES string of the molecule is CCN(CCCS(=O)(=O)[O-])c1ccc(N=Nc2c(C#N)c(C(C)(C)C)nn2-c2ccccc2OC)c(NC(C)=O)c1.[Na+]. The minimum atomic E-state index is -4.32. The minimum Gasteiger partial charge on any atom is -0.748 e. The van der Waals surface area contributed by atoms with Crippen LogP contribution in [-0.2, 0) is 20.3 Å². The number of para-hydroxylation sites is 2. The van der Waals surface area contributed by atoms with Crippen LogP contribution >= 0.6 is 0 Å². The number of nitriles is 1. The number of aromatic nitrogens is 2. The van der Waals surface area contributed by atoms with E-state index in [0.717, 1.165) is 0 Å². The summed E-state index contributed by atoms with van der Waals surface area (Å²) in [4.78, 5) is 13.9. The van der Waals surface area contributed by atoms with E-state index >= 15 is 0 Å². The van der Waals surface area contributed by atoms with Crippen molar-refractivity contribution < 1.29 is 52.1 Å². The maximum Gasteiger partial charge on any atom is 1.00 e. The number of anilines is 2. The average molecular weight is 604 g/mol. The largest absolute Gasteiger partial charge is 1.00 e. The molecule has 0 aliphatic rings. The van der Waals surface area contributed by atoms with Crippen LogP contribution in [0.3, 0.4) is 0 Å². The van der Waals surface area contributed by atoms with E-state index in [1.165, 1.54) is 11.6 Å². The van der Waals surface area contributed by atoms with E-state index in [4.69, 9.17) is 9.84 Å². The Morgan fingerprint density at radius 3 is 2.48 bits per heavy atom. The van der Waals surface area contributed by atoms with Crippen molar-refractivity contribution in [1.29, 1.82) is 5.26 Å². The summed E-state index contributed by atoms with van der Waals surface area (Å²) in [7, 11) is -2.77. The first-order valence-corrected chi connectivity index (χ1v) is 14.6. The Labute approximate surface area is 268 Å². The van der Waals surface area contributed by atoms with E-state index in [9.17, 15) is 23.0 Å². The van der Waals surface area contributed by atoms with Crippen LogP contribution in [0.4, 0.5) is 22.9 Å². The summed E-state index contributed by atoms with van der Waals surface area (Å²) in [5.74, 6) is -0.0600. The predicted molar refractivity (Wildman–Crippen MR) is 156 cm³/mol. The molecule has 0 aliphatic heterocycles. The second kappa shape index (κ2) is 14.8. The maximum absolute atomic E-state index is 12.0. The molecular formula is C28H34N7NaO5S. The van der Waals surface area contributed by atoms with Crippen LogP contribution < -0.4 is 44.5 Å². The number of hydrogen-bond donors (Lipinski definition) is 1. The van der Waals surface area contributed by atoms with Crippen LogP contribution in [0.15, 0.2) is 52.7 Å². The molecule has 0 saturated heterocycles. The number of methoxy groups -OCH3 is 1. The first kappa shape index (κ1) is 34.9. The smallest absolute Gasteiger partial charge is 0.748 e. The van der Waals surface area contributed by atoms with Crippen molar-refractivity contribution in [2.24, 2.45) is 10.2 Å². The normalized spacial score (nSPS) is 11.6. The Kier molecular flexibility index (Phi) is 12.3. The van der Waals surface area contributed by atoms with Gasteiger partial charge in [0.1, 0.15) is 28.8 Å². The van der Waals surface area contributed by atoms with Gasteiger partial charge in [0.25, 0.3) is 0 Å². The second-order valence-electron chi connectivity index (χ2n) is 10.3. The molecule has 0 radical (unpaired) electrons. The third kappa shape index (κ3) is 8.86. The number of azo groups is 1. The third-order valence-corrected chi connectivity index (χ3v) is 6.90. The molecule has 0 spiro atoms. The zero-order valence-corrected chi connectivity index (χ0v) is 27.8. The summed E-state index contributed by atoms with van der Waals surface area (Å²) in [6, 6.07) is 14.6. The molecule has 0 atom stereocenters. The van der Waals surface area contributed by atoms with Gasteiger partial charge < -0.3 is 19.5 Å². The van der Waals surface area contributed by atoms with Crippen LogP contribution in [0, 0.1) is 11.3 Å². The molecule has 2 aromatic carbocycles. The van der Waals surface area contributed by atoms with Crippen molar-refractivity contribution in [2.45, 2.75) is 46.5 Å². The van der Waals surface area contributed by atoms with Gasteiger partial charge in [-0.05, 0) is 43.7 Å². The molecule has 0 aliphatic carbocycles. The van der Waals surface area contributed by atoms with Crippen LogP contribution in [0.2, 0.25) is 0 Å². The van der Waals surface area contributed by atoms with Gasteiger partial charge in [0, 0.05) is 36.9 Å².